The summed E-state index contributed by atoms with van der Waals surface area (Å²) in [5.41, 5.74) is 0.678. The van der Waals surface area contributed by atoms with Crippen LogP contribution in [0.15, 0.2) is 30.3 Å². The van der Waals surface area contributed by atoms with Gasteiger partial charge >= 0.3 is 0 Å². The van der Waals surface area contributed by atoms with Gasteiger partial charge in [0.05, 0.1) is 5.88 Å². The highest BCUT2D eigenvalue weighted by Gasteiger charge is 1.99. The van der Waals surface area contributed by atoms with Gasteiger partial charge in [-0.2, -0.15) is 0 Å². The molecule has 1 aromatic rings. The number of Topliss-reactive ketones (excluding diaryl/α,β-unsaturated/α-hetero) is 1. The van der Waals surface area contributed by atoms with Crippen molar-refractivity contribution in [3.05, 3.63) is 35.9 Å². The van der Waals surface area contributed by atoms with Gasteiger partial charge in [-0.05, 0) is 12.8 Å². The summed E-state index contributed by atoms with van der Waals surface area (Å²) < 4.78 is 4.94. The van der Waals surface area contributed by atoms with E-state index in [9.17, 15) is 4.79 Å². The Balaban J connectivity index is 0.000000187. The van der Waals surface area contributed by atoms with Crippen LogP contribution in [0.1, 0.15) is 23.2 Å². The average Bonchev–Trinajstić information content (AvgIpc) is 2.88. The Morgan fingerprint density at radius 2 is 1.80 bits per heavy atom. The number of hydrogen-bond donors (Lipinski definition) is 0. The van der Waals surface area contributed by atoms with Crippen molar-refractivity contribution in [1.29, 1.82) is 0 Å². The molecule has 15 heavy (non-hydrogen) atoms. The van der Waals surface area contributed by atoms with Crippen molar-refractivity contribution in [2.45, 2.75) is 12.8 Å². The molecule has 1 fully saturated rings. The maximum absolute atomic E-state index is 10.9. The van der Waals surface area contributed by atoms with Crippen LogP contribution in [0, 0.1) is 0 Å². The van der Waals surface area contributed by atoms with Crippen LogP contribution in [0.3, 0.4) is 0 Å². The molecule has 0 bridgehead atoms. The van der Waals surface area contributed by atoms with Gasteiger partial charge in [-0.25, -0.2) is 0 Å². The van der Waals surface area contributed by atoms with E-state index in [2.05, 4.69) is 0 Å². The molecule has 1 heterocycles. The highest BCUT2D eigenvalue weighted by atomic mass is 35.5. The molecule has 0 aliphatic carbocycles. The number of alkyl halides is 1. The van der Waals surface area contributed by atoms with E-state index < -0.39 is 0 Å². The van der Waals surface area contributed by atoms with Crippen LogP contribution in [-0.2, 0) is 4.74 Å². The summed E-state index contributed by atoms with van der Waals surface area (Å²) in [5.74, 6) is 0.0339. The summed E-state index contributed by atoms with van der Waals surface area (Å²) in [6.45, 7) is 2.00. The highest BCUT2D eigenvalue weighted by Crippen LogP contribution is 2.00. The third kappa shape index (κ3) is 4.96. The molecule has 0 unspecified atom stereocenters. The number of ether oxygens (including phenoxy) is 1. The van der Waals surface area contributed by atoms with Crippen LogP contribution in [0.4, 0.5) is 0 Å². The largest absolute Gasteiger partial charge is 0.381 e. The van der Waals surface area contributed by atoms with Gasteiger partial charge in [0.1, 0.15) is 0 Å². The van der Waals surface area contributed by atoms with Gasteiger partial charge in [0.2, 0.25) is 0 Å². The average molecular weight is 227 g/mol. The Labute approximate surface area is 95.2 Å². The molecule has 1 aliphatic rings. The van der Waals surface area contributed by atoms with Gasteiger partial charge in [-0.1, -0.05) is 30.3 Å². The fourth-order valence-electron chi connectivity index (χ4n) is 1.21. The molecule has 0 N–H and O–H groups in total. The van der Waals surface area contributed by atoms with E-state index in [-0.39, 0.29) is 11.7 Å². The van der Waals surface area contributed by atoms with Crippen molar-refractivity contribution in [3.63, 3.8) is 0 Å². The molecule has 1 aliphatic heterocycles. The summed E-state index contributed by atoms with van der Waals surface area (Å²) in [6, 6.07) is 9.01. The van der Waals surface area contributed by atoms with E-state index in [1.165, 1.54) is 12.8 Å². The lowest BCUT2D eigenvalue weighted by Crippen LogP contribution is -1.98. The summed E-state index contributed by atoms with van der Waals surface area (Å²) in [7, 11) is 0. The van der Waals surface area contributed by atoms with Crippen LogP contribution in [0.5, 0.6) is 0 Å². The zero-order valence-corrected chi connectivity index (χ0v) is 9.37. The summed E-state index contributed by atoms with van der Waals surface area (Å²) >= 11 is 5.34. The second kappa shape index (κ2) is 7.43. The highest BCUT2D eigenvalue weighted by molar-refractivity contribution is 6.30. The molecule has 0 amide bonds. The Morgan fingerprint density at radius 1 is 1.20 bits per heavy atom. The van der Waals surface area contributed by atoms with Crippen molar-refractivity contribution in [1.82, 2.24) is 0 Å². The molecule has 0 radical (unpaired) electrons. The molecule has 0 atom stereocenters. The fraction of sp³-hybridized carbons (Fsp3) is 0.417. The smallest absolute Gasteiger partial charge is 0.177 e. The van der Waals surface area contributed by atoms with Gasteiger partial charge in [0.25, 0.3) is 0 Å². The van der Waals surface area contributed by atoms with E-state index in [1.54, 1.807) is 12.1 Å². The van der Waals surface area contributed by atoms with Crippen molar-refractivity contribution < 1.29 is 9.53 Å². The van der Waals surface area contributed by atoms with Crippen LogP contribution >= 0.6 is 11.6 Å². The summed E-state index contributed by atoms with van der Waals surface area (Å²) in [6.07, 6.45) is 2.56. The number of hydrogen-bond acceptors (Lipinski definition) is 2. The lowest BCUT2D eigenvalue weighted by molar-refractivity contribution is 0.102. The second-order valence-electron chi connectivity index (χ2n) is 3.24. The normalized spacial score (nSPS) is 14.2. The first-order valence-electron chi connectivity index (χ1n) is 5.06. The van der Waals surface area contributed by atoms with E-state index in [0.717, 1.165) is 13.2 Å². The van der Waals surface area contributed by atoms with Gasteiger partial charge in [-0.3, -0.25) is 4.79 Å². The van der Waals surface area contributed by atoms with Gasteiger partial charge in [-0.15, -0.1) is 11.6 Å². The summed E-state index contributed by atoms with van der Waals surface area (Å²) in [4.78, 5) is 10.9. The molecule has 82 valence electrons. The third-order valence-electron chi connectivity index (χ3n) is 2.04. The van der Waals surface area contributed by atoms with E-state index in [0.29, 0.717) is 5.56 Å². The Kier molecular flexibility index (Phi) is 6.05. The Bertz CT molecular complexity index is 273. The Hall–Kier alpha value is -0.860. The number of halogens is 1. The molecule has 0 aromatic heterocycles. The van der Waals surface area contributed by atoms with E-state index in [1.807, 2.05) is 18.2 Å². The molecule has 1 aromatic carbocycles. The van der Waals surface area contributed by atoms with Gasteiger partial charge in [0.15, 0.2) is 5.78 Å². The minimum absolute atomic E-state index is 0.0257. The summed E-state index contributed by atoms with van der Waals surface area (Å²) in [5, 5.41) is 0. The minimum Gasteiger partial charge on any atom is -0.381 e. The van der Waals surface area contributed by atoms with Crippen molar-refractivity contribution in [2.75, 3.05) is 19.1 Å². The standard InChI is InChI=1S/C8H7ClO.C4H8O/c9-6-8(10)7-4-2-1-3-5-7;1-2-4-5-3-1/h1-5H,6H2;1-4H2. The number of ketones is 1. The van der Waals surface area contributed by atoms with Crippen LogP contribution in [-0.4, -0.2) is 24.9 Å². The van der Waals surface area contributed by atoms with Crippen LogP contribution in [0.25, 0.3) is 0 Å². The first kappa shape index (κ1) is 12.2. The molecule has 2 nitrogen and oxygen atoms in total. The zero-order chi connectivity index (χ0) is 10.9. The van der Waals surface area contributed by atoms with Crippen molar-refractivity contribution >= 4 is 17.4 Å². The number of rotatable bonds is 2. The number of benzene rings is 1. The van der Waals surface area contributed by atoms with Gasteiger partial charge in [0, 0.05) is 18.8 Å². The SMILES string of the molecule is C1CCOC1.O=C(CCl)c1ccccc1. The van der Waals surface area contributed by atoms with Crippen molar-refractivity contribution in [2.24, 2.45) is 0 Å². The van der Waals surface area contributed by atoms with Crippen molar-refractivity contribution in [3.8, 4) is 0 Å². The predicted molar refractivity (Wildman–Crippen MR) is 61.5 cm³/mol. The first-order chi connectivity index (χ1) is 7.34. The quantitative estimate of drug-likeness (QED) is 0.573. The van der Waals surface area contributed by atoms with E-state index >= 15 is 0 Å². The molecular weight excluding hydrogens is 212 g/mol. The van der Waals surface area contributed by atoms with E-state index in [4.69, 9.17) is 16.3 Å². The predicted octanol–water partition coefficient (Wildman–Crippen LogP) is 2.90. The lowest BCUT2D eigenvalue weighted by Gasteiger charge is -1.92. The van der Waals surface area contributed by atoms with Gasteiger partial charge < -0.3 is 4.74 Å². The molecule has 0 spiro atoms. The third-order valence-corrected chi connectivity index (χ3v) is 2.29. The minimum atomic E-state index is -0.0257. The Morgan fingerprint density at radius 3 is 2.20 bits per heavy atom. The second-order valence-corrected chi connectivity index (χ2v) is 3.51. The molecular formula is C12H15ClO2. The van der Waals surface area contributed by atoms with Crippen LogP contribution < -0.4 is 0 Å². The maximum Gasteiger partial charge on any atom is 0.177 e. The number of carbonyl (C=O) groups excluding carboxylic acids is 1. The first-order valence-corrected chi connectivity index (χ1v) is 5.60. The lowest BCUT2D eigenvalue weighted by atomic mass is 10.2. The molecule has 0 saturated carbocycles. The molecule has 3 heteroatoms. The monoisotopic (exact) mass is 226 g/mol. The van der Waals surface area contributed by atoms with Crippen LogP contribution in [0.2, 0.25) is 0 Å². The fourth-order valence-corrected chi connectivity index (χ4v) is 1.37. The molecule has 2 rings (SSSR count). The maximum atomic E-state index is 10.9. The zero-order valence-electron chi connectivity index (χ0n) is 8.62. The topological polar surface area (TPSA) is 26.3 Å². The number of carbonyl (C=O) groups is 1. The molecule has 1 saturated heterocycles.